The largest absolute Gasteiger partial charge is 0.396 e. The van der Waals surface area contributed by atoms with Gasteiger partial charge in [-0.2, -0.15) is 0 Å². The van der Waals surface area contributed by atoms with E-state index in [9.17, 15) is 20.1 Å². The molecule has 6 atom stereocenters. The van der Waals surface area contributed by atoms with E-state index in [2.05, 4.69) is 13.5 Å². The van der Waals surface area contributed by atoms with E-state index in [0.29, 0.717) is 18.4 Å². The fourth-order valence-electron chi connectivity index (χ4n) is 5.56. The summed E-state index contributed by atoms with van der Waals surface area (Å²) in [6.45, 7) is 8.40. The average Bonchev–Trinajstić information content (AvgIpc) is 2.89. The minimum absolute atomic E-state index is 0.0280. The highest BCUT2D eigenvalue weighted by atomic mass is 16.6. The van der Waals surface area contributed by atoms with Crippen LogP contribution in [0.25, 0.3) is 0 Å². The average molecular weight is 350 g/mol. The van der Waals surface area contributed by atoms with Crippen LogP contribution < -0.4 is 0 Å². The summed E-state index contributed by atoms with van der Waals surface area (Å²) in [5, 5.41) is 30.3. The van der Waals surface area contributed by atoms with E-state index >= 15 is 0 Å². The van der Waals surface area contributed by atoms with E-state index in [1.165, 1.54) is 0 Å². The smallest absolute Gasteiger partial charge is 0.189 e. The lowest BCUT2D eigenvalue weighted by Crippen LogP contribution is -2.57. The van der Waals surface area contributed by atoms with Crippen molar-refractivity contribution < 1.29 is 24.9 Å². The number of hydrogen-bond acceptors (Lipinski definition) is 5. The molecule has 6 unspecified atom stereocenters. The lowest BCUT2D eigenvalue weighted by atomic mass is 9.46. The molecule has 0 amide bonds. The molecule has 0 aromatic rings. The van der Waals surface area contributed by atoms with Crippen LogP contribution in [0.1, 0.15) is 46.0 Å². The van der Waals surface area contributed by atoms with Crippen molar-refractivity contribution in [1.82, 2.24) is 0 Å². The molecule has 5 nitrogen and oxygen atoms in total. The van der Waals surface area contributed by atoms with Crippen molar-refractivity contribution in [2.24, 2.45) is 22.7 Å². The molecule has 1 aliphatic heterocycles. The molecule has 140 valence electrons. The second kappa shape index (κ2) is 6.62. The van der Waals surface area contributed by atoms with Gasteiger partial charge in [-0.15, -0.1) is 0 Å². The molecule has 5 heteroatoms. The summed E-state index contributed by atoms with van der Waals surface area (Å²) >= 11 is 0. The second-order valence-corrected chi connectivity index (χ2v) is 8.51. The third kappa shape index (κ3) is 2.91. The van der Waals surface area contributed by atoms with Crippen LogP contribution >= 0.6 is 0 Å². The zero-order chi connectivity index (χ0) is 18.4. The van der Waals surface area contributed by atoms with Crippen molar-refractivity contribution in [3.8, 4) is 0 Å². The molecule has 25 heavy (non-hydrogen) atoms. The van der Waals surface area contributed by atoms with E-state index in [1.807, 2.05) is 13.0 Å². The quantitative estimate of drug-likeness (QED) is 0.535. The van der Waals surface area contributed by atoms with Crippen molar-refractivity contribution >= 4 is 5.78 Å². The van der Waals surface area contributed by atoms with Gasteiger partial charge in [0.25, 0.3) is 0 Å². The number of ether oxygens (including phenoxy) is 1. The van der Waals surface area contributed by atoms with Gasteiger partial charge >= 0.3 is 0 Å². The third-order valence-electron chi connectivity index (χ3n) is 7.23. The maximum absolute atomic E-state index is 11.9. The van der Waals surface area contributed by atoms with Crippen LogP contribution in [0.5, 0.6) is 0 Å². The number of hydrogen-bond donors (Lipinski definition) is 3. The Bertz CT molecular complexity index is 597. The summed E-state index contributed by atoms with van der Waals surface area (Å²) in [7, 11) is 0. The molecule has 2 aliphatic carbocycles. The summed E-state index contributed by atoms with van der Waals surface area (Å²) < 4.78 is 4.99. The number of ketones is 1. The van der Waals surface area contributed by atoms with Crippen LogP contribution in [0.3, 0.4) is 0 Å². The molecule has 0 bridgehead atoms. The Balaban J connectivity index is 1.89. The van der Waals surface area contributed by atoms with Crippen LogP contribution in [-0.2, 0) is 9.53 Å². The minimum Gasteiger partial charge on any atom is -0.396 e. The number of carbonyl (C=O) groups excluding carboxylic acids is 1. The molecule has 0 spiro atoms. The van der Waals surface area contributed by atoms with E-state index in [1.54, 1.807) is 0 Å². The maximum atomic E-state index is 11.9. The van der Waals surface area contributed by atoms with E-state index < -0.39 is 17.8 Å². The van der Waals surface area contributed by atoms with Gasteiger partial charge in [-0.3, -0.25) is 4.79 Å². The molecule has 0 aromatic carbocycles. The van der Waals surface area contributed by atoms with Gasteiger partial charge in [0, 0.05) is 11.0 Å². The van der Waals surface area contributed by atoms with Crippen LogP contribution in [0.4, 0.5) is 0 Å². The maximum Gasteiger partial charge on any atom is 0.189 e. The van der Waals surface area contributed by atoms with E-state index in [4.69, 9.17) is 4.74 Å². The molecule has 0 aromatic heterocycles. The van der Waals surface area contributed by atoms with Gasteiger partial charge < -0.3 is 20.1 Å². The number of aliphatic hydroxyl groups is 3. The standard InChI is InChI=1S/C20H30O5/c1-12-4-7-16-19(2,9-8-17(23)20(16,3)11-21)14(12)6-5-13-15(22)10-25-18(13)24/h5,14,16-18,21,23-24H,1,4,6-11H2,2-3H3. The number of Topliss-reactive ketones (excluding diaryl/α,β-unsaturated/α-hetero) is 1. The SMILES string of the molecule is C=C1CCC2C(C)(CO)C(O)CCC2(C)C1CC=C1C(=O)COC1O. The predicted molar refractivity (Wildman–Crippen MR) is 93.6 cm³/mol. The number of carbonyl (C=O) groups is 1. The van der Waals surface area contributed by atoms with Gasteiger partial charge in [0.15, 0.2) is 12.1 Å². The summed E-state index contributed by atoms with van der Waals surface area (Å²) in [5.74, 6) is 0.204. The molecule has 3 fully saturated rings. The Morgan fingerprint density at radius 3 is 2.64 bits per heavy atom. The Labute approximate surface area is 149 Å². The number of allylic oxidation sites excluding steroid dienone is 2. The molecule has 3 rings (SSSR count). The second-order valence-electron chi connectivity index (χ2n) is 8.51. The Hall–Kier alpha value is -1.01. The Morgan fingerprint density at radius 2 is 2.04 bits per heavy atom. The van der Waals surface area contributed by atoms with Crippen LogP contribution in [-0.4, -0.2) is 46.7 Å². The minimum atomic E-state index is -1.12. The number of rotatable bonds is 3. The van der Waals surface area contributed by atoms with Crippen molar-refractivity contribution in [2.45, 2.75) is 58.3 Å². The lowest BCUT2D eigenvalue weighted by molar-refractivity contribution is -0.151. The molecule has 1 heterocycles. The number of fused-ring (bicyclic) bond motifs is 1. The van der Waals surface area contributed by atoms with Crippen molar-refractivity contribution in [2.75, 3.05) is 13.2 Å². The first kappa shape index (κ1) is 18.8. The third-order valence-corrected chi connectivity index (χ3v) is 7.23. The zero-order valence-electron chi connectivity index (χ0n) is 15.2. The molecule has 2 saturated carbocycles. The lowest BCUT2D eigenvalue weighted by Gasteiger charge is -2.59. The molecular weight excluding hydrogens is 320 g/mol. The fraction of sp³-hybridized carbons (Fsp3) is 0.750. The van der Waals surface area contributed by atoms with Gasteiger partial charge in [-0.05, 0) is 49.4 Å². The number of aliphatic hydroxyl groups excluding tert-OH is 3. The molecule has 3 N–H and O–H groups in total. The van der Waals surface area contributed by atoms with Gasteiger partial charge in [-0.25, -0.2) is 0 Å². The Morgan fingerprint density at radius 1 is 1.32 bits per heavy atom. The molecule has 0 radical (unpaired) electrons. The van der Waals surface area contributed by atoms with Crippen molar-refractivity contribution in [3.05, 3.63) is 23.8 Å². The van der Waals surface area contributed by atoms with Gasteiger partial charge in [0.05, 0.1) is 12.7 Å². The normalized spacial score (nSPS) is 46.5. The summed E-state index contributed by atoms with van der Waals surface area (Å²) in [5.41, 5.74) is 0.911. The molecule has 3 aliphatic rings. The summed E-state index contributed by atoms with van der Waals surface area (Å²) in [6, 6.07) is 0. The predicted octanol–water partition coefficient (Wildman–Crippen LogP) is 1.96. The highest BCUT2D eigenvalue weighted by Crippen LogP contribution is 2.61. The van der Waals surface area contributed by atoms with Gasteiger partial charge in [0.2, 0.25) is 0 Å². The van der Waals surface area contributed by atoms with Crippen molar-refractivity contribution in [1.29, 1.82) is 0 Å². The molecule has 1 saturated heterocycles. The van der Waals surface area contributed by atoms with Gasteiger partial charge in [-0.1, -0.05) is 32.1 Å². The summed E-state index contributed by atoms with van der Waals surface area (Å²) in [6.07, 6.45) is 4.14. The van der Waals surface area contributed by atoms with Gasteiger partial charge in [0.1, 0.15) is 6.61 Å². The topological polar surface area (TPSA) is 87.0 Å². The highest BCUT2D eigenvalue weighted by molar-refractivity contribution is 5.98. The zero-order valence-corrected chi connectivity index (χ0v) is 15.2. The first-order chi connectivity index (χ1) is 11.7. The highest BCUT2D eigenvalue weighted by Gasteiger charge is 2.57. The van der Waals surface area contributed by atoms with Crippen molar-refractivity contribution in [3.63, 3.8) is 0 Å². The monoisotopic (exact) mass is 350 g/mol. The van der Waals surface area contributed by atoms with E-state index in [-0.39, 0.29) is 36.2 Å². The first-order valence-corrected chi connectivity index (χ1v) is 9.23. The first-order valence-electron chi connectivity index (χ1n) is 9.23. The summed E-state index contributed by atoms with van der Waals surface area (Å²) in [4.78, 5) is 11.9. The Kier molecular flexibility index (Phi) is 4.97. The fourth-order valence-corrected chi connectivity index (χ4v) is 5.56. The van der Waals surface area contributed by atoms with Crippen LogP contribution in [0, 0.1) is 22.7 Å². The van der Waals surface area contributed by atoms with E-state index in [0.717, 1.165) is 24.8 Å². The molecular formula is C20H30O5. The van der Waals surface area contributed by atoms with Crippen LogP contribution in [0.15, 0.2) is 23.8 Å². The van der Waals surface area contributed by atoms with Crippen LogP contribution in [0.2, 0.25) is 0 Å².